The van der Waals surface area contributed by atoms with Gasteiger partial charge >= 0.3 is 0 Å². The van der Waals surface area contributed by atoms with Crippen molar-refractivity contribution >= 4 is 12.0 Å². The van der Waals surface area contributed by atoms with Crippen molar-refractivity contribution in [3.05, 3.63) is 29.8 Å². The van der Waals surface area contributed by atoms with Crippen LogP contribution in [0.25, 0.3) is 0 Å². The summed E-state index contributed by atoms with van der Waals surface area (Å²) in [6, 6.07) is 8.54. The normalized spacial score (nSPS) is 16.8. The zero-order valence-electron chi connectivity index (χ0n) is 9.76. The van der Waals surface area contributed by atoms with Crippen LogP contribution in [0.1, 0.15) is 24.8 Å². The van der Waals surface area contributed by atoms with Gasteiger partial charge in [-0.3, -0.25) is 4.99 Å². The molecular formula is C13H19N3. The molecule has 2 N–H and O–H groups in total. The van der Waals surface area contributed by atoms with Crippen molar-refractivity contribution in [1.29, 1.82) is 0 Å². The summed E-state index contributed by atoms with van der Waals surface area (Å²) in [6.07, 6.45) is 2.97. The molecule has 0 aliphatic carbocycles. The van der Waals surface area contributed by atoms with Gasteiger partial charge in [-0.15, -0.1) is 0 Å². The molecule has 1 aliphatic rings. The molecule has 1 aromatic rings. The van der Waals surface area contributed by atoms with Crippen molar-refractivity contribution in [3.63, 3.8) is 0 Å². The molecule has 0 fully saturated rings. The quantitative estimate of drug-likeness (QED) is 0.838. The Balaban J connectivity index is 2.26. The minimum absolute atomic E-state index is 0.509. The third-order valence-corrected chi connectivity index (χ3v) is 3.07. The predicted octanol–water partition coefficient (Wildman–Crippen LogP) is 1.99. The Morgan fingerprint density at radius 3 is 2.94 bits per heavy atom. The van der Waals surface area contributed by atoms with Gasteiger partial charge in [0.1, 0.15) is 0 Å². The largest absolute Gasteiger partial charge is 0.331 e. The van der Waals surface area contributed by atoms with E-state index in [4.69, 9.17) is 5.73 Å². The monoisotopic (exact) mass is 217 g/mol. The Labute approximate surface area is 97.0 Å². The van der Waals surface area contributed by atoms with Crippen molar-refractivity contribution < 1.29 is 0 Å². The van der Waals surface area contributed by atoms with E-state index in [1.807, 2.05) is 6.34 Å². The Morgan fingerprint density at radius 2 is 2.25 bits per heavy atom. The van der Waals surface area contributed by atoms with Gasteiger partial charge in [-0.1, -0.05) is 25.1 Å². The van der Waals surface area contributed by atoms with E-state index in [2.05, 4.69) is 41.1 Å². The summed E-state index contributed by atoms with van der Waals surface area (Å²) in [5.41, 5.74) is 8.29. The number of para-hydroxylation sites is 1. The molecule has 16 heavy (non-hydrogen) atoms. The van der Waals surface area contributed by atoms with Gasteiger partial charge in [-0.05, 0) is 30.5 Å². The smallest absolute Gasteiger partial charge is 0.0895 e. The van der Waals surface area contributed by atoms with Crippen LogP contribution in [0.5, 0.6) is 0 Å². The first kappa shape index (κ1) is 11.1. The first-order valence-electron chi connectivity index (χ1n) is 5.88. The highest BCUT2D eigenvalue weighted by Crippen LogP contribution is 2.29. The van der Waals surface area contributed by atoms with E-state index >= 15 is 0 Å². The van der Waals surface area contributed by atoms with E-state index in [1.54, 1.807) is 0 Å². The van der Waals surface area contributed by atoms with E-state index in [1.165, 1.54) is 11.3 Å². The molecular weight excluding hydrogens is 198 g/mol. The van der Waals surface area contributed by atoms with E-state index in [-0.39, 0.29) is 0 Å². The maximum Gasteiger partial charge on any atom is 0.0895 e. The van der Waals surface area contributed by atoms with Gasteiger partial charge in [0.05, 0.1) is 12.9 Å². The fraction of sp³-hybridized carbons (Fsp3) is 0.462. The topological polar surface area (TPSA) is 41.6 Å². The van der Waals surface area contributed by atoms with Crippen LogP contribution < -0.4 is 10.6 Å². The first-order chi connectivity index (χ1) is 7.83. The fourth-order valence-corrected chi connectivity index (χ4v) is 2.13. The van der Waals surface area contributed by atoms with Gasteiger partial charge in [-0.25, -0.2) is 0 Å². The summed E-state index contributed by atoms with van der Waals surface area (Å²) in [5, 5.41) is 0. The first-order valence-corrected chi connectivity index (χ1v) is 5.88. The molecule has 3 nitrogen and oxygen atoms in total. The zero-order valence-corrected chi connectivity index (χ0v) is 9.76. The van der Waals surface area contributed by atoms with Crippen LogP contribution in [0.15, 0.2) is 29.3 Å². The van der Waals surface area contributed by atoms with Crippen LogP contribution in [0.2, 0.25) is 0 Å². The molecule has 1 aliphatic heterocycles. The van der Waals surface area contributed by atoms with Gasteiger partial charge in [0.15, 0.2) is 0 Å². The molecule has 0 spiro atoms. The number of benzene rings is 1. The fourth-order valence-electron chi connectivity index (χ4n) is 2.13. The third kappa shape index (κ3) is 2.25. The van der Waals surface area contributed by atoms with Crippen molar-refractivity contribution in [2.24, 2.45) is 10.7 Å². The minimum atomic E-state index is 0.509. The number of hydrogen-bond donors (Lipinski definition) is 1. The Kier molecular flexibility index (Phi) is 3.57. The minimum Gasteiger partial charge on any atom is -0.331 e. The summed E-state index contributed by atoms with van der Waals surface area (Å²) in [5.74, 6) is 0.509. The Bertz CT molecular complexity index is 373. The molecule has 3 heteroatoms. The Morgan fingerprint density at radius 1 is 1.44 bits per heavy atom. The predicted molar refractivity (Wildman–Crippen MR) is 69.2 cm³/mol. The van der Waals surface area contributed by atoms with Gasteiger partial charge in [0.25, 0.3) is 0 Å². The second-order valence-electron chi connectivity index (χ2n) is 4.25. The van der Waals surface area contributed by atoms with Crippen molar-refractivity contribution in [3.8, 4) is 0 Å². The summed E-state index contributed by atoms with van der Waals surface area (Å²) < 4.78 is 0. The van der Waals surface area contributed by atoms with E-state index in [9.17, 15) is 0 Å². The molecule has 0 amide bonds. The number of nitrogens with zero attached hydrogens (tertiary/aromatic N) is 2. The van der Waals surface area contributed by atoms with Crippen LogP contribution in [-0.4, -0.2) is 26.0 Å². The molecule has 0 saturated carbocycles. The third-order valence-electron chi connectivity index (χ3n) is 3.07. The van der Waals surface area contributed by atoms with Gasteiger partial charge < -0.3 is 10.6 Å². The maximum absolute atomic E-state index is 5.63. The summed E-state index contributed by atoms with van der Waals surface area (Å²) in [7, 11) is 0. The average molecular weight is 217 g/mol. The van der Waals surface area contributed by atoms with Crippen molar-refractivity contribution in [1.82, 2.24) is 0 Å². The molecule has 0 bridgehead atoms. The maximum atomic E-state index is 5.63. The highest BCUT2D eigenvalue weighted by atomic mass is 15.2. The lowest BCUT2D eigenvalue weighted by molar-refractivity contribution is 0.689. The number of rotatable bonds is 4. The SMILES string of the molecule is CC(CCN)c1ccccc1N1C=NCC1. The zero-order chi connectivity index (χ0) is 11.4. The standard InChI is InChI=1S/C13H19N3/c1-11(6-7-14)12-4-2-3-5-13(12)16-9-8-15-10-16/h2-5,10-11H,6-9,14H2,1H3. The molecule has 1 heterocycles. The molecule has 2 rings (SSSR count). The van der Waals surface area contributed by atoms with Crippen LogP contribution in [0, 0.1) is 0 Å². The lowest BCUT2D eigenvalue weighted by atomic mass is 9.95. The van der Waals surface area contributed by atoms with Crippen LogP contribution in [0.4, 0.5) is 5.69 Å². The van der Waals surface area contributed by atoms with Gasteiger partial charge in [-0.2, -0.15) is 0 Å². The highest BCUT2D eigenvalue weighted by molar-refractivity contribution is 5.82. The second kappa shape index (κ2) is 5.12. The average Bonchev–Trinajstić information content (AvgIpc) is 2.83. The van der Waals surface area contributed by atoms with E-state index in [0.717, 1.165) is 26.1 Å². The summed E-state index contributed by atoms with van der Waals surface area (Å²) >= 11 is 0. The van der Waals surface area contributed by atoms with Crippen molar-refractivity contribution in [2.45, 2.75) is 19.3 Å². The van der Waals surface area contributed by atoms with Gasteiger partial charge in [0, 0.05) is 12.2 Å². The molecule has 0 aromatic heterocycles. The number of anilines is 1. The van der Waals surface area contributed by atoms with Crippen molar-refractivity contribution in [2.75, 3.05) is 24.5 Å². The molecule has 1 unspecified atom stereocenters. The van der Waals surface area contributed by atoms with Crippen LogP contribution in [0.3, 0.4) is 0 Å². The second-order valence-corrected chi connectivity index (χ2v) is 4.25. The number of hydrogen-bond acceptors (Lipinski definition) is 3. The van der Waals surface area contributed by atoms with Crippen LogP contribution >= 0.6 is 0 Å². The van der Waals surface area contributed by atoms with Crippen LogP contribution in [-0.2, 0) is 0 Å². The molecule has 0 saturated heterocycles. The Hall–Kier alpha value is -1.35. The van der Waals surface area contributed by atoms with Gasteiger partial charge in [0.2, 0.25) is 0 Å². The molecule has 0 radical (unpaired) electrons. The lowest BCUT2D eigenvalue weighted by Crippen LogP contribution is -2.20. The highest BCUT2D eigenvalue weighted by Gasteiger charge is 2.15. The number of nitrogens with two attached hydrogens (primary N) is 1. The van der Waals surface area contributed by atoms with E-state index in [0.29, 0.717) is 5.92 Å². The van der Waals surface area contributed by atoms with E-state index < -0.39 is 0 Å². The molecule has 1 atom stereocenters. The summed E-state index contributed by atoms with van der Waals surface area (Å²) in [4.78, 5) is 6.49. The summed E-state index contributed by atoms with van der Waals surface area (Å²) in [6.45, 7) is 4.87. The molecule has 1 aromatic carbocycles. The lowest BCUT2D eigenvalue weighted by Gasteiger charge is -2.21. The molecule has 86 valence electrons. The number of aliphatic imine (C=N–C) groups is 1.